The van der Waals surface area contributed by atoms with Crippen molar-refractivity contribution in [3.8, 4) is 0 Å². The van der Waals surface area contributed by atoms with Crippen molar-refractivity contribution in [2.75, 3.05) is 45.1 Å². The molecule has 174 valence electrons. The second-order valence-corrected chi connectivity index (χ2v) is 9.81. The van der Waals surface area contributed by atoms with Crippen molar-refractivity contribution in [2.24, 2.45) is 0 Å². The van der Waals surface area contributed by atoms with E-state index >= 15 is 0 Å². The Labute approximate surface area is 190 Å². The highest BCUT2D eigenvalue weighted by atomic mass is 16.1. The number of aryl methyl sites for hydroxylation is 1. The molecule has 2 aromatic rings. The van der Waals surface area contributed by atoms with Crippen molar-refractivity contribution in [1.82, 2.24) is 29.7 Å². The van der Waals surface area contributed by atoms with Gasteiger partial charge in [0.25, 0.3) is 5.91 Å². The molecule has 0 unspecified atom stereocenters. The van der Waals surface area contributed by atoms with Crippen molar-refractivity contribution in [1.29, 1.82) is 0 Å². The number of fused-ring (bicyclic) bond motifs is 3. The predicted molar refractivity (Wildman–Crippen MR) is 127 cm³/mol. The molecule has 0 radical (unpaired) electrons. The van der Waals surface area contributed by atoms with E-state index in [0.29, 0.717) is 17.7 Å². The number of hydrogen-bond acceptors (Lipinski definition) is 6. The van der Waals surface area contributed by atoms with Gasteiger partial charge in [-0.25, -0.2) is 4.98 Å². The molecule has 8 heteroatoms. The zero-order valence-electron chi connectivity index (χ0n) is 19.4. The third-order valence-electron chi connectivity index (χ3n) is 7.55. The highest BCUT2D eigenvalue weighted by Gasteiger charge is 2.28. The third-order valence-corrected chi connectivity index (χ3v) is 7.55. The van der Waals surface area contributed by atoms with E-state index < -0.39 is 0 Å². The largest absolute Gasteiger partial charge is 0.351 e. The Morgan fingerprint density at radius 1 is 1.00 bits per heavy atom. The lowest BCUT2D eigenvalue weighted by molar-refractivity contribution is 0.0894. The minimum absolute atomic E-state index is 0.00152. The summed E-state index contributed by atoms with van der Waals surface area (Å²) in [4.78, 5) is 27.2. The van der Waals surface area contributed by atoms with Gasteiger partial charge in [-0.2, -0.15) is 4.98 Å². The van der Waals surface area contributed by atoms with Crippen LogP contribution < -0.4 is 10.6 Å². The quantitative estimate of drug-likeness (QED) is 0.766. The molecule has 2 aliphatic heterocycles. The van der Waals surface area contributed by atoms with E-state index in [4.69, 9.17) is 4.98 Å². The van der Waals surface area contributed by atoms with Gasteiger partial charge in [-0.1, -0.05) is 12.8 Å². The van der Waals surface area contributed by atoms with Crippen LogP contribution in [0.5, 0.6) is 0 Å². The van der Waals surface area contributed by atoms with Gasteiger partial charge in [0.15, 0.2) is 0 Å². The Balaban J connectivity index is 1.26. The molecule has 1 saturated carbocycles. The molecule has 1 aliphatic carbocycles. The molecule has 2 N–H and O–H groups in total. The van der Waals surface area contributed by atoms with Crippen LogP contribution in [0.2, 0.25) is 0 Å². The number of carbonyl (C=O) groups excluding carboxylic acids is 1. The number of rotatable bonds is 3. The first kappa shape index (κ1) is 21.6. The summed E-state index contributed by atoms with van der Waals surface area (Å²) in [5.41, 5.74) is 1.58. The summed E-state index contributed by atoms with van der Waals surface area (Å²) in [7, 11) is 2.22. The first-order chi connectivity index (χ1) is 15.7. The van der Waals surface area contributed by atoms with E-state index in [0.717, 1.165) is 62.3 Å². The van der Waals surface area contributed by atoms with Crippen molar-refractivity contribution in [2.45, 2.75) is 70.0 Å². The van der Waals surface area contributed by atoms with Crippen LogP contribution in [-0.2, 0) is 6.54 Å². The molecular weight excluding hydrogens is 402 g/mol. The molecular formula is C24H37N7O. The lowest BCUT2D eigenvalue weighted by atomic mass is 9.90. The number of piperazine rings is 1. The predicted octanol–water partition coefficient (Wildman–Crippen LogP) is 2.71. The van der Waals surface area contributed by atoms with Crippen molar-refractivity contribution < 1.29 is 4.79 Å². The zero-order valence-corrected chi connectivity index (χ0v) is 19.4. The highest BCUT2D eigenvalue weighted by Crippen LogP contribution is 2.27. The van der Waals surface area contributed by atoms with Gasteiger partial charge >= 0.3 is 0 Å². The van der Waals surface area contributed by atoms with Gasteiger partial charge in [-0.05, 0) is 51.6 Å². The average Bonchev–Trinajstić information content (AvgIpc) is 3.17. The Bertz CT molecular complexity index is 926. The standard InChI is InChI=1S/C24H37N7O/c1-29-12-14-30(15-13-29)20-8-6-19(7-9-20)27-24-26-17-18-16-21-23(32)25-10-4-2-3-5-11-31(21)22(18)28-24/h16-17,19-20H,2-15H2,1H3,(H,25,32)(H,26,27,28)/t19-,20+. The number of nitrogens with zero attached hydrogens (tertiary/aromatic N) is 5. The number of hydrogen-bond donors (Lipinski definition) is 2. The van der Waals surface area contributed by atoms with Crippen LogP contribution in [-0.4, -0.2) is 82.1 Å². The lowest BCUT2D eigenvalue weighted by Crippen LogP contribution is -2.50. The normalized spacial score (nSPS) is 26.5. The van der Waals surface area contributed by atoms with Gasteiger partial charge < -0.3 is 20.1 Å². The molecule has 5 rings (SSSR count). The molecule has 0 atom stereocenters. The van der Waals surface area contributed by atoms with Gasteiger partial charge in [0, 0.05) is 62.9 Å². The summed E-state index contributed by atoms with van der Waals surface area (Å²) >= 11 is 0. The molecule has 0 aromatic carbocycles. The summed E-state index contributed by atoms with van der Waals surface area (Å²) in [6.45, 7) is 6.35. The smallest absolute Gasteiger partial charge is 0.267 e. The van der Waals surface area contributed by atoms with Gasteiger partial charge in [-0.3, -0.25) is 9.69 Å². The number of nitrogens with one attached hydrogen (secondary N) is 2. The maximum absolute atomic E-state index is 12.7. The molecule has 3 aliphatic rings. The van der Waals surface area contributed by atoms with E-state index in [-0.39, 0.29) is 5.91 Å². The minimum atomic E-state index is 0.00152. The monoisotopic (exact) mass is 439 g/mol. The Morgan fingerprint density at radius 2 is 1.78 bits per heavy atom. The van der Waals surface area contributed by atoms with E-state index in [1.165, 1.54) is 45.4 Å². The summed E-state index contributed by atoms with van der Waals surface area (Å²) in [5, 5.41) is 7.60. The third kappa shape index (κ3) is 4.76. The summed E-state index contributed by atoms with van der Waals surface area (Å²) in [5.74, 6) is 0.695. The van der Waals surface area contributed by atoms with E-state index in [2.05, 4.69) is 37.0 Å². The minimum Gasteiger partial charge on any atom is -0.351 e. The fourth-order valence-electron chi connectivity index (χ4n) is 5.52. The first-order valence-corrected chi connectivity index (χ1v) is 12.5. The van der Waals surface area contributed by atoms with Crippen LogP contribution in [0, 0.1) is 0 Å². The Kier molecular flexibility index (Phi) is 6.59. The number of anilines is 1. The van der Waals surface area contributed by atoms with Gasteiger partial charge in [-0.15, -0.1) is 0 Å². The van der Waals surface area contributed by atoms with Crippen LogP contribution in [0.4, 0.5) is 5.95 Å². The second-order valence-electron chi connectivity index (χ2n) is 9.81. The van der Waals surface area contributed by atoms with Crippen LogP contribution in [0.25, 0.3) is 11.0 Å². The summed E-state index contributed by atoms with van der Waals surface area (Å²) in [6, 6.07) is 3.09. The number of carbonyl (C=O) groups is 1. The topological polar surface area (TPSA) is 78.3 Å². The molecule has 8 nitrogen and oxygen atoms in total. The van der Waals surface area contributed by atoms with E-state index in [9.17, 15) is 4.79 Å². The summed E-state index contributed by atoms with van der Waals surface area (Å²) in [6.07, 6.45) is 11.1. The van der Waals surface area contributed by atoms with Crippen LogP contribution in [0.1, 0.15) is 61.9 Å². The van der Waals surface area contributed by atoms with Crippen molar-refractivity contribution >= 4 is 22.9 Å². The number of amides is 1. The van der Waals surface area contributed by atoms with E-state index in [1.807, 2.05) is 12.3 Å². The molecule has 32 heavy (non-hydrogen) atoms. The molecule has 4 heterocycles. The SMILES string of the molecule is CN1CCN([C@H]2CC[C@@H](Nc3ncc4cc5n(c4n3)CCCCCCNC5=O)CC2)CC1. The summed E-state index contributed by atoms with van der Waals surface area (Å²) < 4.78 is 2.09. The van der Waals surface area contributed by atoms with E-state index in [1.54, 1.807) is 0 Å². The molecule has 1 amide bonds. The highest BCUT2D eigenvalue weighted by molar-refractivity contribution is 5.98. The maximum Gasteiger partial charge on any atom is 0.267 e. The Hall–Kier alpha value is -2.19. The zero-order chi connectivity index (χ0) is 21.9. The van der Waals surface area contributed by atoms with Gasteiger partial charge in [0.2, 0.25) is 5.95 Å². The molecule has 0 spiro atoms. The molecule has 2 fully saturated rings. The first-order valence-electron chi connectivity index (χ1n) is 12.5. The van der Waals surface area contributed by atoms with Crippen LogP contribution >= 0.6 is 0 Å². The fourth-order valence-corrected chi connectivity index (χ4v) is 5.52. The second kappa shape index (κ2) is 9.75. The molecule has 2 aromatic heterocycles. The lowest BCUT2D eigenvalue weighted by Gasteiger charge is -2.41. The number of likely N-dealkylation sites (N-methyl/N-ethyl adjacent to an activating group) is 1. The Morgan fingerprint density at radius 3 is 2.59 bits per heavy atom. The van der Waals surface area contributed by atoms with Crippen LogP contribution in [0.15, 0.2) is 12.3 Å². The van der Waals surface area contributed by atoms with Gasteiger partial charge in [0.05, 0.1) is 0 Å². The molecule has 1 saturated heterocycles. The fraction of sp³-hybridized carbons (Fsp3) is 0.708. The molecule has 0 bridgehead atoms. The maximum atomic E-state index is 12.7. The average molecular weight is 440 g/mol. The van der Waals surface area contributed by atoms with Crippen molar-refractivity contribution in [3.63, 3.8) is 0 Å². The van der Waals surface area contributed by atoms with Crippen molar-refractivity contribution in [3.05, 3.63) is 18.0 Å². The van der Waals surface area contributed by atoms with Gasteiger partial charge in [0.1, 0.15) is 11.3 Å². The van der Waals surface area contributed by atoms with Crippen LogP contribution in [0.3, 0.4) is 0 Å². The number of aromatic nitrogens is 3.